The minimum absolute atomic E-state index is 0.0939. The van der Waals surface area contributed by atoms with Gasteiger partial charge in [-0.2, -0.15) is 0 Å². The summed E-state index contributed by atoms with van der Waals surface area (Å²) in [5, 5.41) is 7.29. The Labute approximate surface area is 107 Å². The molecule has 4 heteroatoms. The van der Waals surface area contributed by atoms with Gasteiger partial charge in [-0.3, -0.25) is 10.3 Å². The van der Waals surface area contributed by atoms with Crippen LogP contribution in [0.3, 0.4) is 0 Å². The molecule has 2 atom stereocenters. The number of nitrogens with zero attached hydrogens (tertiary/aromatic N) is 1. The molecular weight excluding hydrogens is 229 g/mol. The number of nitrogens with one attached hydrogen (secondary N) is 1. The summed E-state index contributed by atoms with van der Waals surface area (Å²) < 4.78 is 13.9. The van der Waals surface area contributed by atoms with E-state index in [0.717, 1.165) is 6.54 Å². The summed E-state index contributed by atoms with van der Waals surface area (Å²) in [6.07, 6.45) is 1.17. The van der Waals surface area contributed by atoms with Crippen molar-refractivity contribution in [3.05, 3.63) is 35.1 Å². The number of nitrogen functional groups attached to an aromatic ring is 1. The maximum absolute atomic E-state index is 13.9. The minimum Gasteiger partial charge on any atom is -0.384 e. The van der Waals surface area contributed by atoms with E-state index < -0.39 is 0 Å². The highest BCUT2D eigenvalue weighted by Crippen LogP contribution is 2.25. The lowest BCUT2D eigenvalue weighted by Gasteiger charge is -2.21. The number of hydrogen-bond acceptors (Lipinski definition) is 2. The van der Waals surface area contributed by atoms with Gasteiger partial charge in [-0.25, -0.2) is 4.39 Å². The van der Waals surface area contributed by atoms with Gasteiger partial charge in [0.25, 0.3) is 0 Å². The van der Waals surface area contributed by atoms with E-state index in [9.17, 15) is 4.39 Å². The molecule has 0 aromatic heterocycles. The molecule has 1 fully saturated rings. The summed E-state index contributed by atoms with van der Waals surface area (Å²) in [6, 6.07) is 5.31. The van der Waals surface area contributed by atoms with Gasteiger partial charge in [0.15, 0.2) is 0 Å². The summed E-state index contributed by atoms with van der Waals surface area (Å²) in [6.45, 7) is 6.07. The molecule has 2 unspecified atom stereocenters. The Morgan fingerprint density at radius 1 is 1.50 bits per heavy atom. The van der Waals surface area contributed by atoms with E-state index in [1.807, 2.05) is 0 Å². The van der Waals surface area contributed by atoms with Crippen LogP contribution in [0, 0.1) is 17.1 Å². The lowest BCUT2D eigenvalue weighted by molar-refractivity contribution is 0.253. The van der Waals surface area contributed by atoms with Gasteiger partial charge in [-0.1, -0.05) is 19.1 Å². The quantitative estimate of drug-likeness (QED) is 0.638. The molecule has 0 amide bonds. The van der Waals surface area contributed by atoms with Crippen molar-refractivity contribution in [1.82, 2.24) is 4.90 Å². The van der Waals surface area contributed by atoms with E-state index in [2.05, 4.69) is 18.7 Å². The van der Waals surface area contributed by atoms with Crippen molar-refractivity contribution in [2.24, 2.45) is 11.7 Å². The second-order valence-corrected chi connectivity index (χ2v) is 5.34. The van der Waals surface area contributed by atoms with Gasteiger partial charge >= 0.3 is 0 Å². The standard InChI is InChI=1S/C14H20FN3/c1-9-5-10(2)18(7-9)8-12-4-3-11(14(16)17)6-13(12)15/h3-4,6,9-10H,5,7-8H2,1-2H3,(H3,16,17). The van der Waals surface area contributed by atoms with Gasteiger partial charge in [0.2, 0.25) is 0 Å². The topological polar surface area (TPSA) is 53.1 Å². The number of likely N-dealkylation sites (tertiary alicyclic amines) is 1. The van der Waals surface area contributed by atoms with Crippen LogP contribution in [-0.2, 0) is 6.54 Å². The first-order valence-corrected chi connectivity index (χ1v) is 6.34. The Kier molecular flexibility index (Phi) is 3.66. The minimum atomic E-state index is -0.269. The third-order valence-corrected chi connectivity index (χ3v) is 3.65. The largest absolute Gasteiger partial charge is 0.384 e. The summed E-state index contributed by atoms with van der Waals surface area (Å²) in [5.74, 6) is 0.317. The van der Waals surface area contributed by atoms with Crippen LogP contribution in [0.15, 0.2) is 18.2 Å². The molecule has 3 N–H and O–H groups in total. The van der Waals surface area contributed by atoms with Crippen molar-refractivity contribution in [3.63, 3.8) is 0 Å². The van der Waals surface area contributed by atoms with Crippen LogP contribution >= 0.6 is 0 Å². The summed E-state index contributed by atoms with van der Waals surface area (Å²) in [4.78, 5) is 2.30. The Bertz CT molecular complexity index is 458. The Balaban J connectivity index is 2.12. The zero-order valence-corrected chi connectivity index (χ0v) is 10.9. The average Bonchev–Trinajstić information content (AvgIpc) is 2.60. The first-order chi connectivity index (χ1) is 8.47. The van der Waals surface area contributed by atoms with E-state index in [-0.39, 0.29) is 11.7 Å². The Hall–Kier alpha value is -1.42. The first kappa shape index (κ1) is 13.0. The van der Waals surface area contributed by atoms with Crippen LogP contribution in [0.1, 0.15) is 31.4 Å². The number of benzene rings is 1. The maximum Gasteiger partial charge on any atom is 0.128 e. The molecule has 1 aliphatic heterocycles. The molecule has 0 aliphatic carbocycles. The third-order valence-electron chi connectivity index (χ3n) is 3.65. The van der Waals surface area contributed by atoms with Crippen LogP contribution < -0.4 is 5.73 Å². The Morgan fingerprint density at radius 2 is 2.22 bits per heavy atom. The molecule has 1 saturated heterocycles. The summed E-state index contributed by atoms with van der Waals surface area (Å²) in [5.41, 5.74) is 6.47. The Morgan fingerprint density at radius 3 is 2.72 bits per heavy atom. The SMILES string of the molecule is CC1CC(C)N(Cc2ccc(C(=N)N)cc2F)C1. The molecular formula is C14H20FN3. The number of hydrogen-bond donors (Lipinski definition) is 2. The van der Waals surface area contributed by atoms with Crippen LogP contribution in [0.5, 0.6) is 0 Å². The maximum atomic E-state index is 13.9. The predicted molar refractivity (Wildman–Crippen MR) is 71.1 cm³/mol. The molecule has 1 aromatic carbocycles. The van der Waals surface area contributed by atoms with Crippen molar-refractivity contribution in [2.45, 2.75) is 32.9 Å². The molecule has 2 rings (SSSR count). The van der Waals surface area contributed by atoms with E-state index in [1.54, 1.807) is 12.1 Å². The molecule has 0 radical (unpaired) electrons. The lowest BCUT2D eigenvalue weighted by Crippen LogP contribution is -2.27. The highest BCUT2D eigenvalue weighted by Gasteiger charge is 2.26. The monoisotopic (exact) mass is 249 g/mol. The fourth-order valence-corrected chi connectivity index (χ4v) is 2.67. The highest BCUT2D eigenvalue weighted by atomic mass is 19.1. The highest BCUT2D eigenvalue weighted by molar-refractivity contribution is 5.94. The molecule has 18 heavy (non-hydrogen) atoms. The molecule has 1 aromatic rings. The zero-order chi connectivity index (χ0) is 13.3. The van der Waals surface area contributed by atoms with Gasteiger partial charge in [-0.15, -0.1) is 0 Å². The number of halogens is 1. The zero-order valence-electron chi connectivity index (χ0n) is 10.9. The normalized spacial score (nSPS) is 24.4. The van der Waals surface area contributed by atoms with E-state index in [0.29, 0.717) is 29.6 Å². The fraction of sp³-hybridized carbons (Fsp3) is 0.500. The summed E-state index contributed by atoms with van der Waals surface area (Å²) >= 11 is 0. The van der Waals surface area contributed by atoms with Crippen LogP contribution in [-0.4, -0.2) is 23.3 Å². The van der Waals surface area contributed by atoms with E-state index in [4.69, 9.17) is 11.1 Å². The third kappa shape index (κ3) is 2.70. The summed E-state index contributed by atoms with van der Waals surface area (Å²) in [7, 11) is 0. The lowest BCUT2D eigenvalue weighted by atomic mass is 10.1. The number of rotatable bonds is 3. The molecule has 98 valence electrons. The van der Waals surface area contributed by atoms with Crippen molar-refractivity contribution >= 4 is 5.84 Å². The average molecular weight is 249 g/mol. The number of amidine groups is 1. The molecule has 0 spiro atoms. The van der Waals surface area contributed by atoms with Crippen LogP contribution in [0.2, 0.25) is 0 Å². The van der Waals surface area contributed by atoms with Crippen molar-refractivity contribution in [2.75, 3.05) is 6.54 Å². The second-order valence-electron chi connectivity index (χ2n) is 5.34. The van der Waals surface area contributed by atoms with Gasteiger partial charge in [-0.05, 0) is 25.3 Å². The van der Waals surface area contributed by atoms with Crippen molar-refractivity contribution in [1.29, 1.82) is 5.41 Å². The van der Waals surface area contributed by atoms with Gasteiger partial charge in [0, 0.05) is 30.3 Å². The predicted octanol–water partition coefficient (Wildman–Crippen LogP) is 2.34. The fourth-order valence-electron chi connectivity index (χ4n) is 2.67. The first-order valence-electron chi connectivity index (χ1n) is 6.34. The van der Waals surface area contributed by atoms with Crippen LogP contribution in [0.25, 0.3) is 0 Å². The van der Waals surface area contributed by atoms with Gasteiger partial charge < -0.3 is 5.73 Å². The van der Waals surface area contributed by atoms with E-state index >= 15 is 0 Å². The van der Waals surface area contributed by atoms with Gasteiger partial charge in [0.1, 0.15) is 11.7 Å². The van der Waals surface area contributed by atoms with Gasteiger partial charge in [0.05, 0.1) is 0 Å². The smallest absolute Gasteiger partial charge is 0.128 e. The number of nitrogens with two attached hydrogens (primary N) is 1. The molecule has 1 heterocycles. The van der Waals surface area contributed by atoms with Crippen LogP contribution in [0.4, 0.5) is 4.39 Å². The van der Waals surface area contributed by atoms with Crippen molar-refractivity contribution < 1.29 is 4.39 Å². The second kappa shape index (κ2) is 5.06. The molecule has 0 saturated carbocycles. The molecule has 3 nitrogen and oxygen atoms in total. The van der Waals surface area contributed by atoms with Crippen molar-refractivity contribution in [3.8, 4) is 0 Å². The van der Waals surface area contributed by atoms with E-state index in [1.165, 1.54) is 12.5 Å². The molecule has 1 aliphatic rings. The molecule has 0 bridgehead atoms.